The van der Waals surface area contributed by atoms with Gasteiger partial charge in [-0.05, 0) is 26.0 Å². The lowest BCUT2D eigenvalue weighted by Crippen LogP contribution is -2.10. The molecule has 2 rings (SSSR count). The molecule has 0 fully saturated rings. The predicted molar refractivity (Wildman–Crippen MR) is 70.4 cm³/mol. The maximum absolute atomic E-state index is 6.04. The molecule has 0 aliphatic rings. The van der Waals surface area contributed by atoms with Crippen molar-refractivity contribution >= 4 is 11.4 Å². The van der Waals surface area contributed by atoms with E-state index in [4.69, 9.17) is 10.5 Å². The van der Waals surface area contributed by atoms with Crippen molar-refractivity contribution in [3.63, 3.8) is 0 Å². The quantitative estimate of drug-likeness (QED) is 0.703. The zero-order chi connectivity index (χ0) is 13.0. The van der Waals surface area contributed by atoms with E-state index < -0.39 is 0 Å². The van der Waals surface area contributed by atoms with Crippen molar-refractivity contribution in [2.45, 2.75) is 19.9 Å². The van der Waals surface area contributed by atoms with Crippen molar-refractivity contribution in [3.05, 3.63) is 30.4 Å². The topological polar surface area (TPSA) is 88.8 Å². The zero-order valence-electron chi connectivity index (χ0n) is 10.5. The number of hydrogen-bond acceptors (Lipinski definition) is 5. The second-order valence-corrected chi connectivity index (χ2v) is 3.89. The summed E-state index contributed by atoms with van der Waals surface area (Å²) in [5, 5.41) is 9.92. The van der Waals surface area contributed by atoms with Gasteiger partial charge in [-0.15, -0.1) is 0 Å². The second-order valence-electron chi connectivity index (χ2n) is 3.89. The van der Waals surface area contributed by atoms with Crippen molar-refractivity contribution in [2.75, 3.05) is 17.7 Å². The molecule has 6 nitrogen and oxygen atoms in total. The summed E-state index contributed by atoms with van der Waals surface area (Å²) in [6.45, 7) is 4.50. The number of aromatic nitrogens is 3. The van der Waals surface area contributed by atoms with E-state index in [1.807, 2.05) is 32.0 Å². The van der Waals surface area contributed by atoms with Gasteiger partial charge in [0.05, 0.1) is 24.0 Å². The average molecular weight is 247 g/mol. The molecule has 0 radical (unpaired) electrons. The average Bonchev–Trinajstić information content (AvgIpc) is 2.88. The maximum atomic E-state index is 6.04. The number of nitrogen functional groups attached to an aromatic ring is 1. The molecular weight excluding hydrogens is 230 g/mol. The highest BCUT2D eigenvalue weighted by Crippen LogP contribution is 2.31. The summed E-state index contributed by atoms with van der Waals surface area (Å²) in [5.74, 6) is 1.45. The van der Waals surface area contributed by atoms with Crippen LogP contribution in [0.2, 0.25) is 0 Å². The monoisotopic (exact) mass is 247 g/mol. The first kappa shape index (κ1) is 12.2. The Morgan fingerprint density at radius 1 is 1.50 bits per heavy atom. The molecule has 0 spiro atoms. The Morgan fingerprint density at radius 2 is 2.33 bits per heavy atom. The third kappa shape index (κ3) is 2.53. The number of rotatable bonds is 5. The molecule has 0 bridgehead atoms. The molecule has 0 saturated carbocycles. The van der Waals surface area contributed by atoms with Crippen LogP contribution in [0.4, 0.5) is 11.4 Å². The van der Waals surface area contributed by atoms with Gasteiger partial charge in [-0.2, -0.15) is 5.10 Å². The van der Waals surface area contributed by atoms with Crippen LogP contribution < -0.4 is 15.8 Å². The lowest BCUT2D eigenvalue weighted by molar-refractivity contribution is 0.342. The SMILES string of the molecule is CCOc1cccc(NC(C)c2ncn[nH]2)c1N. The summed E-state index contributed by atoms with van der Waals surface area (Å²) in [4.78, 5) is 4.10. The number of H-pyrrole nitrogens is 1. The molecule has 2 aromatic rings. The number of nitrogens with two attached hydrogens (primary N) is 1. The van der Waals surface area contributed by atoms with E-state index in [0.29, 0.717) is 18.0 Å². The fourth-order valence-electron chi connectivity index (χ4n) is 1.68. The fraction of sp³-hybridized carbons (Fsp3) is 0.333. The van der Waals surface area contributed by atoms with Gasteiger partial charge in [0, 0.05) is 0 Å². The van der Waals surface area contributed by atoms with Crippen LogP contribution in [0.5, 0.6) is 5.75 Å². The van der Waals surface area contributed by atoms with Gasteiger partial charge in [-0.25, -0.2) is 4.98 Å². The van der Waals surface area contributed by atoms with Gasteiger partial charge in [-0.1, -0.05) is 6.07 Å². The summed E-state index contributed by atoms with van der Waals surface area (Å²) < 4.78 is 5.45. The van der Waals surface area contributed by atoms with Gasteiger partial charge >= 0.3 is 0 Å². The van der Waals surface area contributed by atoms with E-state index in [1.165, 1.54) is 6.33 Å². The fourth-order valence-corrected chi connectivity index (χ4v) is 1.68. The van der Waals surface area contributed by atoms with Crippen LogP contribution in [0.3, 0.4) is 0 Å². The molecule has 1 heterocycles. The highest BCUT2D eigenvalue weighted by molar-refractivity contribution is 5.73. The van der Waals surface area contributed by atoms with Gasteiger partial charge in [0.25, 0.3) is 0 Å². The largest absolute Gasteiger partial charge is 0.492 e. The highest BCUT2D eigenvalue weighted by Gasteiger charge is 2.11. The number of hydrogen-bond donors (Lipinski definition) is 3. The molecule has 1 aromatic heterocycles. The van der Waals surface area contributed by atoms with Crippen LogP contribution in [0.15, 0.2) is 24.5 Å². The molecule has 18 heavy (non-hydrogen) atoms. The minimum Gasteiger partial charge on any atom is -0.492 e. The molecule has 0 amide bonds. The first-order valence-corrected chi connectivity index (χ1v) is 5.85. The Kier molecular flexibility index (Phi) is 3.66. The third-order valence-electron chi connectivity index (χ3n) is 2.58. The van der Waals surface area contributed by atoms with Crippen molar-refractivity contribution in [3.8, 4) is 5.75 Å². The first-order chi connectivity index (χ1) is 8.72. The molecule has 1 aromatic carbocycles. The van der Waals surface area contributed by atoms with Crippen LogP contribution in [-0.4, -0.2) is 21.8 Å². The van der Waals surface area contributed by atoms with Gasteiger partial charge in [0.1, 0.15) is 17.9 Å². The lowest BCUT2D eigenvalue weighted by Gasteiger charge is -2.16. The molecule has 0 aliphatic heterocycles. The van der Waals surface area contributed by atoms with Crippen molar-refractivity contribution in [1.29, 1.82) is 0 Å². The van der Waals surface area contributed by atoms with Crippen LogP contribution in [0.25, 0.3) is 0 Å². The van der Waals surface area contributed by atoms with Crippen LogP contribution in [0.1, 0.15) is 25.7 Å². The Morgan fingerprint density at radius 3 is 3.00 bits per heavy atom. The van der Waals surface area contributed by atoms with E-state index in [2.05, 4.69) is 20.5 Å². The molecule has 96 valence electrons. The van der Waals surface area contributed by atoms with Gasteiger partial charge < -0.3 is 15.8 Å². The number of anilines is 2. The van der Waals surface area contributed by atoms with Crippen molar-refractivity contribution in [2.24, 2.45) is 0 Å². The van der Waals surface area contributed by atoms with Gasteiger partial charge in [-0.3, -0.25) is 5.10 Å². The van der Waals surface area contributed by atoms with Crippen LogP contribution >= 0.6 is 0 Å². The number of benzene rings is 1. The second kappa shape index (κ2) is 5.39. The summed E-state index contributed by atoms with van der Waals surface area (Å²) in [6.07, 6.45) is 1.48. The Hall–Kier alpha value is -2.24. The summed E-state index contributed by atoms with van der Waals surface area (Å²) in [5.41, 5.74) is 7.46. The van der Waals surface area contributed by atoms with E-state index in [0.717, 1.165) is 11.5 Å². The normalized spacial score (nSPS) is 12.1. The predicted octanol–water partition coefficient (Wildman–Crippen LogP) is 1.96. The third-order valence-corrected chi connectivity index (χ3v) is 2.58. The van der Waals surface area contributed by atoms with E-state index in [1.54, 1.807) is 0 Å². The minimum absolute atomic E-state index is 0.00771. The first-order valence-electron chi connectivity index (χ1n) is 5.85. The smallest absolute Gasteiger partial charge is 0.146 e. The number of aromatic amines is 1. The Bertz CT molecular complexity index is 497. The molecule has 0 aliphatic carbocycles. The standard InChI is InChI=1S/C12H17N5O/c1-3-18-10-6-4-5-9(11(10)13)16-8(2)12-14-7-15-17-12/h4-8,16H,3,13H2,1-2H3,(H,14,15,17). The van der Waals surface area contributed by atoms with E-state index in [-0.39, 0.29) is 6.04 Å². The van der Waals surface area contributed by atoms with Crippen molar-refractivity contribution in [1.82, 2.24) is 15.2 Å². The summed E-state index contributed by atoms with van der Waals surface area (Å²) >= 11 is 0. The molecule has 0 saturated heterocycles. The minimum atomic E-state index is -0.00771. The van der Waals surface area contributed by atoms with Crippen molar-refractivity contribution < 1.29 is 4.74 Å². The van der Waals surface area contributed by atoms with Crippen LogP contribution in [0, 0.1) is 0 Å². The van der Waals surface area contributed by atoms with E-state index >= 15 is 0 Å². The summed E-state index contributed by atoms with van der Waals surface area (Å²) in [6, 6.07) is 5.65. The number of ether oxygens (including phenoxy) is 1. The lowest BCUT2D eigenvalue weighted by atomic mass is 10.2. The molecule has 4 N–H and O–H groups in total. The number of para-hydroxylation sites is 1. The van der Waals surface area contributed by atoms with Gasteiger partial charge in [0.2, 0.25) is 0 Å². The number of nitrogens with one attached hydrogen (secondary N) is 2. The zero-order valence-corrected chi connectivity index (χ0v) is 10.5. The molecular formula is C12H17N5O. The van der Waals surface area contributed by atoms with Gasteiger partial charge in [0.15, 0.2) is 0 Å². The molecule has 1 unspecified atom stereocenters. The highest BCUT2D eigenvalue weighted by atomic mass is 16.5. The molecule has 1 atom stereocenters. The Labute approximate surface area is 106 Å². The van der Waals surface area contributed by atoms with E-state index in [9.17, 15) is 0 Å². The van der Waals surface area contributed by atoms with Crippen LogP contribution in [-0.2, 0) is 0 Å². The summed E-state index contributed by atoms with van der Waals surface area (Å²) in [7, 11) is 0. The number of nitrogens with zero attached hydrogens (tertiary/aromatic N) is 2. The molecule has 6 heteroatoms. The maximum Gasteiger partial charge on any atom is 0.146 e. The Balaban J connectivity index is 2.16.